The fourth-order valence-electron chi connectivity index (χ4n) is 15.9. The molecule has 334 valence electrons. The Morgan fingerprint density at radius 1 is 0.517 bits per heavy atom. The zero-order chi connectivity index (χ0) is 43.4. The maximum Gasteiger partial charge on any atom is 0.323 e. The molecule has 13 atom stereocenters. The van der Waals surface area contributed by atoms with Crippen molar-refractivity contribution in [2.45, 2.75) is 191 Å². The van der Waals surface area contributed by atoms with Crippen LogP contribution >= 0.6 is 0 Å². The Morgan fingerprint density at radius 2 is 0.883 bits per heavy atom. The van der Waals surface area contributed by atoms with Crippen LogP contribution in [0, 0.1) is 94.7 Å². The van der Waals surface area contributed by atoms with Gasteiger partial charge in [0.2, 0.25) is 0 Å². The van der Waals surface area contributed by atoms with E-state index in [2.05, 4.69) is 139 Å². The number of carbonyl (C=O) groups excluding carboxylic acids is 1. The van der Waals surface area contributed by atoms with E-state index < -0.39 is 0 Å². The number of fused-ring (bicyclic) bond motifs is 1. The molecule has 0 aromatic heterocycles. The third-order valence-corrected chi connectivity index (χ3v) is 19.4. The minimum Gasteiger partial charge on any atom is -0.425 e. The van der Waals surface area contributed by atoms with Crippen LogP contribution in [-0.2, 0) is 15.6 Å². The summed E-state index contributed by atoms with van der Waals surface area (Å²) >= 11 is 0. The van der Waals surface area contributed by atoms with Gasteiger partial charge in [-0.3, -0.25) is 4.79 Å². The van der Waals surface area contributed by atoms with Gasteiger partial charge in [-0.25, -0.2) is 0 Å². The Bertz CT molecular complexity index is 1680. The van der Waals surface area contributed by atoms with Crippen molar-refractivity contribution in [2.75, 3.05) is 0 Å². The summed E-state index contributed by atoms with van der Waals surface area (Å²) in [5, 5.41) is 0. The smallest absolute Gasteiger partial charge is 0.323 e. The fraction of sp³-hybridized carbons (Fsp3) is 0.776. The second-order valence-electron chi connectivity index (χ2n) is 24.5. The van der Waals surface area contributed by atoms with Crippen LogP contribution in [0.1, 0.15) is 202 Å². The molecule has 2 aromatic carbocycles. The molecule has 4 fully saturated rings. The fourth-order valence-corrected chi connectivity index (χ4v) is 15.9. The minimum atomic E-state index is -0.386. The first-order valence-electron chi connectivity index (χ1n) is 25.8. The van der Waals surface area contributed by atoms with E-state index in [0.29, 0.717) is 82.9 Å². The molecule has 2 nitrogen and oxygen atoms in total. The highest BCUT2D eigenvalue weighted by Gasteiger charge is 2.57. The number of hydrogen-bond donors (Lipinski definition) is 0. The quantitative estimate of drug-likeness (QED) is 0.167. The highest BCUT2D eigenvalue weighted by atomic mass is 16.5. The predicted molar refractivity (Wildman–Crippen MR) is 254 cm³/mol. The van der Waals surface area contributed by atoms with Crippen molar-refractivity contribution < 1.29 is 9.53 Å². The molecule has 0 bridgehead atoms. The average molecular weight is 819 g/mol. The second-order valence-corrected chi connectivity index (χ2v) is 24.5. The number of hydrogen-bond acceptors (Lipinski definition) is 2. The van der Waals surface area contributed by atoms with Gasteiger partial charge in [-0.05, 0) is 163 Å². The average Bonchev–Trinajstić information content (AvgIpc) is 3.54. The number of benzene rings is 2. The number of rotatable bonds is 11. The van der Waals surface area contributed by atoms with Gasteiger partial charge >= 0.3 is 5.97 Å². The molecule has 2 heteroatoms. The van der Waals surface area contributed by atoms with Crippen LogP contribution in [0.2, 0.25) is 0 Å². The molecule has 2 aromatic rings. The largest absolute Gasteiger partial charge is 0.425 e. The van der Waals surface area contributed by atoms with Crippen molar-refractivity contribution in [3.63, 3.8) is 0 Å². The first kappa shape index (κ1) is 45.9. The standard InChI is InChI=1S/C58H90O2/c1-34(2)44-24-20-38(9)28-49(44)57(13,50-29-39(10)21-25-45(50)35(3)4)43-32-48-54(42-18-16-15-17-19-42)56(59)60-55(48)53(33-43)58(14,51-30-40(11)22-26-46(51)36(5)6)52-31-41(12)23-27-47(52)37(7)8/h15-19,32-41,44-47,49-52,54H,20-31H2,1-14H3. The van der Waals surface area contributed by atoms with E-state index >= 15 is 0 Å². The third-order valence-electron chi connectivity index (χ3n) is 19.4. The SMILES string of the molecule is CC1CCC(C(C)C)C(C(C)(c2cc3c(c(C(C)(C4CC(C)CCC4C(C)C)C4CC(C)CCC4C(C)C)c2)OC(=O)C3c2ccccc2)C2CC(C)CCC2C(C)C)C1. The summed E-state index contributed by atoms with van der Waals surface area (Å²) in [4.78, 5) is 14.8. The summed E-state index contributed by atoms with van der Waals surface area (Å²) < 4.78 is 6.95. The number of esters is 1. The summed E-state index contributed by atoms with van der Waals surface area (Å²) in [6, 6.07) is 16.1. The summed E-state index contributed by atoms with van der Waals surface area (Å²) in [6.45, 7) is 36.0. The van der Waals surface area contributed by atoms with Crippen LogP contribution in [0.25, 0.3) is 0 Å². The van der Waals surface area contributed by atoms with Gasteiger partial charge < -0.3 is 4.74 Å². The first-order chi connectivity index (χ1) is 28.4. The van der Waals surface area contributed by atoms with Crippen LogP contribution in [0.3, 0.4) is 0 Å². The van der Waals surface area contributed by atoms with E-state index in [1.165, 1.54) is 88.2 Å². The molecule has 0 spiro atoms. The van der Waals surface area contributed by atoms with Gasteiger partial charge in [0.1, 0.15) is 11.7 Å². The lowest BCUT2D eigenvalue weighted by molar-refractivity contribution is -0.133. The van der Waals surface area contributed by atoms with Crippen LogP contribution in [0.15, 0.2) is 42.5 Å². The lowest BCUT2D eigenvalue weighted by Crippen LogP contribution is -2.53. The van der Waals surface area contributed by atoms with E-state index in [1.807, 2.05) is 0 Å². The molecule has 13 unspecified atom stereocenters. The molecule has 0 amide bonds. The molecule has 1 heterocycles. The maximum atomic E-state index is 14.8. The van der Waals surface area contributed by atoms with Crippen LogP contribution in [-0.4, -0.2) is 5.97 Å². The Kier molecular flexibility index (Phi) is 13.9. The molecule has 1 aliphatic heterocycles. The van der Waals surface area contributed by atoms with Gasteiger partial charge in [-0.1, -0.05) is 165 Å². The molecule has 60 heavy (non-hydrogen) atoms. The van der Waals surface area contributed by atoms with Crippen LogP contribution in [0.4, 0.5) is 0 Å². The molecule has 0 radical (unpaired) electrons. The molecule has 0 saturated heterocycles. The number of carbonyl (C=O) groups is 1. The van der Waals surface area contributed by atoms with Gasteiger partial charge in [0.05, 0.1) is 0 Å². The van der Waals surface area contributed by atoms with E-state index in [0.717, 1.165) is 23.1 Å². The first-order valence-corrected chi connectivity index (χ1v) is 25.8. The zero-order valence-electron chi connectivity index (χ0n) is 41.2. The highest BCUT2D eigenvalue weighted by molar-refractivity contribution is 5.90. The van der Waals surface area contributed by atoms with Crippen molar-refractivity contribution in [1.82, 2.24) is 0 Å². The Labute approximate surface area is 370 Å². The summed E-state index contributed by atoms with van der Waals surface area (Å²) in [5.41, 5.74) is 5.10. The zero-order valence-corrected chi connectivity index (χ0v) is 41.2. The van der Waals surface area contributed by atoms with Gasteiger partial charge in [-0.2, -0.15) is 0 Å². The van der Waals surface area contributed by atoms with Crippen molar-refractivity contribution in [3.05, 3.63) is 64.7 Å². The van der Waals surface area contributed by atoms with E-state index in [9.17, 15) is 4.79 Å². The molecular formula is C58H90O2. The highest BCUT2D eigenvalue weighted by Crippen LogP contribution is 2.64. The Morgan fingerprint density at radius 3 is 1.25 bits per heavy atom. The van der Waals surface area contributed by atoms with Crippen molar-refractivity contribution in [1.29, 1.82) is 0 Å². The summed E-state index contributed by atoms with van der Waals surface area (Å²) in [6.07, 6.45) is 15.8. The molecule has 5 aliphatic rings. The number of ether oxygens (including phenoxy) is 1. The van der Waals surface area contributed by atoms with Crippen LogP contribution < -0.4 is 4.74 Å². The van der Waals surface area contributed by atoms with Crippen molar-refractivity contribution in [3.8, 4) is 5.75 Å². The molecule has 4 aliphatic carbocycles. The monoisotopic (exact) mass is 819 g/mol. The lowest BCUT2D eigenvalue weighted by atomic mass is 9.46. The maximum absolute atomic E-state index is 14.8. The second kappa shape index (κ2) is 18.2. The molecular weight excluding hydrogens is 729 g/mol. The van der Waals surface area contributed by atoms with Crippen LogP contribution in [0.5, 0.6) is 5.75 Å². The Balaban J connectivity index is 1.59. The minimum absolute atomic E-state index is 0.0284. The third kappa shape index (κ3) is 8.37. The molecule has 7 rings (SSSR count). The predicted octanol–water partition coefficient (Wildman–Crippen LogP) is 16.1. The van der Waals surface area contributed by atoms with E-state index in [1.54, 1.807) is 5.56 Å². The van der Waals surface area contributed by atoms with Crippen molar-refractivity contribution in [2.24, 2.45) is 94.7 Å². The van der Waals surface area contributed by atoms with Gasteiger partial charge in [0.15, 0.2) is 0 Å². The van der Waals surface area contributed by atoms with Gasteiger partial charge in [-0.15, -0.1) is 0 Å². The van der Waals surface area contributed by atoms with Gasteiger partial charge in [0, 0.05) is 16.5 Å². The molecule has 4 saturated carbocycles. The van der Waals surface area contributed by atoms with E-state index in [4.69, 9.17) is 4.74 Å². The lowest BCUT2D eigenvalue weighted by Gasteiger charge is -2.58. The summed E-state index contributed by atoms with van der Waals surface area (Å²) in [5.74, 6) is 10.9. The van der Waals surface area contributed by atoms with E-state index in [-0.39, 0.29) is 22.7 Å². The van der Waals surface area contributed by atoms with Crippen molar-refractivity contribution >= 4 is 5.97 Å². The topological polar surface area (TPSA) is 26.3 Å². The molecule has 0 N–H and O–H groups in total. The normalized spacial score (nSPS) is 37.2. The van der Waals surface area contributed by atoms with Gasteiger partial charge in [0.25, 0.3) is 0 Å². The Hall–Kier alpha value is -2.09. The summed E-state index contributed by atoms with van der Waals surface area (Å²) in [7, 11) is 0.